The minimum absolute atomic E-state index is 0.130. The topological polar surface area (TPSA) is 13.0 Å². The van der Waals surface area contributed by atoms with Gasteiger partial charge in [-0.15, -0.1) is 0 Å². The first-order valence-corrected chi connectivity index (χ1v) is 31.0. The molecular formula is C84H60BClN4. The first-order chi connectivity index (χ1) is 44.6. The van der Waals surface area contributed by atoms with Gasteiger partial charge in [0.2, 0.25) is 0 Å². The van der Waals surface area contributed by atoms with Crippen LogP contribution in [0.2, 0.25) is 5.02 Å². The molecule has 0 spiro atoms. The SMILES string of the molecule is Clc1c(N(c2ccccc2)c2ccccc2)cccc1N(c1ccccc1)c1cc(-c2ccccc2)cc(-c2ccccc2)c1.c1ccc(-c2cc(-c3ccccc3)cc(N3c4ccccc4B4c5ccccc5N(c5ccccc5)c5cccc3c54)c2)cc1. The van der Waals surface area contributed by atoms with Crippen LogP contribution in [0.1, 0.15) is 0 Å². The molecule has 4 nitrogen and oxygen atoms in total. The standard InChI is InChI=1S/C42H29BN2.C42H31ClN2/c1-4-15-30(16-5-1)32-27-33(31-17-6-2-7-18-31)29-35(28-32)45-39-24-13-11-22-37(39)43-36-21-10-12-23-38(36)44(34-19-8-3-9-20-34)40-25-14-26-41(45)42(40)43;43-42-40(44(36-21-10-3-11-22-36)37-23-12-4-13-24-37)27-16-28-41(42)45(38-25-14-5-15-26-38)39-30-34(32-17-6-1-7-18-32)29-35(31-39)33-19-8-2-9-20-33/h1-29H;1-31H. The molecule has 0 saturated carbocycles. The Morgan fingerprint density at radius 3 is 0.933 bits per heavy atom. The molecule has 0 bridgehead atoms. The van der Waals surface area contributed by atoms with Crippen molar-refractivity contribution in [1.82, 2.24) is 0 Å². The Morgan fingerprint density at radius 2 is 0.533 bits per heavy atom. The number of rotatable bonds is 12. The first kappa shape index (κ1) is 55.2. The van der Waals surface area contributed by atoms with Crippen molar-refractivity contribution in [2.75, 3.05) is 19.6 Å². The molecule has 16 rings (SSSR count). The van der Waals surface area contributed by atoms with Crippen LogP contribution in [0, 0.1) is 0 Å². The third kappa shape index (κ3) is 10.7. The normalized spacial score (nSPS) is 11.8. The van der Waals surface area contributed by atoms with E-state index < -0.39 is 0 Å². The van der Waals surface area contributed by atoms with Gasteiger partial charge in [0.25, 0.3) is 6.71 Å². The molecule has 90 heavy (non-hydrogen) atoms. The molecule has 0 aromatic heterocycles. The molecule has 0 saturated heterocycles. The smallest absolute Gasteiger partial charge is 0.252 e. The molecule has 14 aromatic carbocycles. The molecule has 426 valence electrons. The van der Waals surface area contributed by atoms with Gasteiger partial charge in [0.05, 0.1) is 16.4 Å². The lowest BCUT2D eigenvalue weighted by Gasteiger charge is -2.44. The highest BCUT2D eigenvalue weighted by molar-refractivity contribution is 7.00. The highest BCUT2D eigenvalue weighted by atomic mass is 35.5. The lowest BCUT2D eigenvalue weighted by molar-refractivity contribution is 1.25. The van der Waals surface area contributed by atoms with Crippen LogP contribution in [0.15, 0.2) is 364 Å². The summed E-state index contributed by atoms with van der Waals surface area (Å²) < 4.78 is 0. The highest BCUT2D eigenvalue weighted by Crippen LogP contribution is 2.49. The van der Waals surface area contributed by atoms with Crippen LogP contribution in [-0.2, 0) is 0 Å². The van der Waals surface area contributed by atoms with E-state index in [4.69, 9.17) is 11.6 Å². The van der Waals surface area contributed by atoms with Gasteiger partial charge >= 0.3 is 0 Å². The quantitative estimate of drug-likeness (QED) is 0.113. The predicted molar refractivity (Wildman–Crippen MR) is 383 cm³/mol. The van der Waals surface area contributed by atoms with Crippen LogP contribution in [0.5, 0.6) is 0 Å². The number of hydrogen-bond donors (Lipinski definition) is 0. The van der Waals surface area contributed by atoms with Crippen molar-refractivity contribution >= 4 is 103 Å². The van der Waals surface area contributed by atoms with Crippen LogP contribution >= 0.6 is 11.6 Å². The van der Waals surface area contributed by atoms with Crippen molar-refractivity contribution in [3.05, 3.63) is 369 Å². The molecule has 0 N–H and O–H groups in total. The lowest BCUT2D eigenvalue weighted by atomic mass is 9.33. The van der Waals surface area contributed by atoms with Gasteiger partial charge in [-0.25, -0.2) is 0 Å². The summed E-state index contributed by atoms with van der Waals surface area (Å²) in [5.74, 6) is 0. The van der Waals surface area contributed by atoms with Crippen LogP contribution in [0.25, 0.3) is 44.5 Å². The summed E-state index contributed by atoms with van der Waals surface area (Å²) in [7, 11) is 0. The van der Waals surface area contributed by atoms with E-state index in [-0.39, 0.29) is 6.71 Å². The number of hydrogen-bond acceptors (Lipinski definition) is 4. The van der Waals surface area contributed by atoms with Crippen LogP contribution in [0.3, 0.4) is 0 Å². The average molecular weight is 1170 g/mol. The van der Waals surface area contributed by atoms with Crippen LogP contribution in [-0.4, -0.2) is 6.71 Å². The second-order valence-electron chi connectivity index (χ2n) is 22.6. The monoisotopic (exact) mass is 1170 g/mol. The second kappa shape index (κ2) is 24.8. The molecule has 0 amide bonds. The van der Waals surface area contributed by atoms with Crippen molar-refractivity contribution in [2.24, 2.45) is 0 Å². The molecule has 2 heterocycles. The molecular weight excluding hydrogens is 1110 g/mol. The van der Waals surface area contributed by atoms with E-state index in [9.17, 15) is 0 Å². The maximum Gasteiger partial charge on any atom is 0.252 e. The molecule has 0 unspecified atom stereocenters. The Kier molecular flexibility index (Phi) is 15.2. The first-order valence-electron chi connectivity index (χ1n) is 30.6. The zero-order valence-electron chi connectivity index (χ0n) is 49.4. The van der Waals surface area contributed by atoms with E-state index >= 15 is 0 Å². The average Bonchev–Trinajstić information content (AvgIpc) is 0.710. The Balaban J connectivity index is 0.000000150. The molecule has 6 heteroatoms. The van der Waals surface area contributed by atoms with Gasteiger partial charge in [-0.05, 0) is 182 Å². The van der Waals surface area contributed by atoms with Crippen molar-refractivity contribution in [1.29, 1.82) is 0 Å². The summed E-state index contributed by atoms with van der Waals surface area (Å²) in [4.78, 5) is 9.40. The van der Waals surface area contributed by atoms with Gasteiger partial charge in [-0.2, -0.15) is 0 Å². The molecule has 2 aliphatic rings. The highest BCUT2D eigenvalue weighted by Gasteiger charge is 2.43. The predicted octanol–water partition coefficient (Wildman–Crippen LogP) is 21.7. The fourth-order valence-corrected chi connectivity index (χ4v) is 13.4. The molecule has 14 aromatic rings. The number of benzene rings is 14. The molecule has 0 radical (unpaired) electrons. The Hall–Kier alpha value is -11.4. The van der Waals surface area contributed by atoms with Crippen molar-refractivity contribution in [3.8, 4) is 44.5 Å². The Morgan fingerprint density at radius 1 is 0.233 bits per heavy atom. The zero-order valence-corrected chi connectivity index (χ0v) is 50.1. The zero-order chi connectivity index (χ0) is 60.2. The maximum absolute atomic E-state index is 7.53. The minimum atomic E-state index is 0.130. The second-order valence-corrected chi connectivity index (χ2v) is 22.9. The third-order valence-corrected chi connectivity index (χ3v) is 17.5. The van der Waals surface area contributed by atoms with Crippen LogP contribution < -0.4 is 36.0 Å². The third-order valence-electron chi connectivity index (χ3n) is 17.1. The summed E-state index contributed by atoms with van der Waals surface area (Å²) in [5, 5.41) is 0.653. The summed E-state index contributed by atoms with van der Waals surface area (Å²) in [6.07, 6.45) is 0. The van der Waals surface area contributed by atoms with E-state index in [1.54, 1.807) is 0 Å². The fraction of sp³-hybridized carbons (Fsp3) is 0. The van der Waals surface area contributed by atoms with Crippen molar-refractivity contribution in [3.63, 3.8) is 0 Å². The van der Waals surface area contributed by atoms with E-state index in [0.29, 0.717) is 5.02 Å². The largest absolute Gasteiger partial charge is 0.311 e. The van der Waals surface area contributed by atoms with Crippen molar-refractivity contribution in [2.45, 2.75) is 0 Å². The van der Waals surface area contributed by atoms with E-state index in [1.807, 2.05) is 18.2 Å². The summed E-state index contributed by atoms with van der Waals surface area (Å²) in [6.45, 7) is 0.130. The Labute approximate surface area is 532 Å². The van der Waals surface area contributed by atoms with Gasteiger partial charge in [0.15, 0.2) is 0 Å². The van der Waals surface area contributed by atoms with Gasteiger partial charge in [-0.3, -0.25) is 0 Å². The Bertz CT molecular complexity index is 4630. The summed E-state index contributed by atoms with van der Waals surface area (Å²) in [5.41, 5.74) is 26.5. The number of fused-ring (bicyclic) bond motifs is 4. The van der Waals surface area contributed by atoms with E-state index in [2.05, 4.69) is 365 Å². The molecule has 2 aliphatic heterocycles. The van der Waals surface area contributed by atoms with Gasteiger partial charge in [-0.1, -0.05) is 254 Å². The van der Waals surface area contributed by atoms with Gasteiger partial charge in [0.1, 0.15) is 0 Å². The number of para-hydroxylation sites is 6. The van der Waals surface area contributed by atoms with E-state index in [0.717, 1.165) is 62.1 Å². The molecule has 0 aliphatic carbocycles. The molecule has 0 atom stereocenters. The minimum Gasteiger partial charge on any atom is -0.311 e. The van der Waals surface area contributed by atoms with Gasteiger partial charge in [0, 0.05) is 56.9 Å². The number of nitrogens with zero attached hydrogens (tertiary/aromatic N) is 4. The number of halogens is 1. The van der Waals surface area contributed by atoms with Crippen molar-refractivity contribution < 1.29 is 0 Å². The van der Waals surface area contributed by atoms with E-state index in [1.165, 1.54) is 67.1 Å². The fourth-order valence-electron chi connectivity index (χ4n) is 13.1. The number of anilines is 12. The maximum atomic E-state index is 7.53. The summed E-state index contributed by atoms with van der Waals surface area (Å²) >= 11 is 7.53. The van der Waals surface area contributed by atoms with Gasteiger partial charge < -0.3 is 19.6 Å². The summed E-state index contributed by atoms with van der Waals surface area (Å²) in [6, 6.07) is 129. The van der Waals surface area contributed by atoms with Crippen LogP contribution in [0.4, 0.5) is 68.2 Å². The molecule has 0 fully saturated rings. The lowest BCUT2D eigenvalue weighted by Crippen LogP contribution is -2.61.